The largest absolute Gasteiger partial charge is 0.507 e. The van der Waals surface area contributed by atoms with Crippen LogP contribution >= 0.6 is 0 Å². The SMILES string of the molecule is N#CC1(C(C2CC2)C(F)(F)CC(CNC(=O)c2ccccc2O)N[C@@H](c2ccc(F)cc2)C(F)(F)F)CC1. The van der Waals surface area contributed by atoms with Gasteiger partial charge < -0.3 is 10.4 Å². The Kier molecular flexibility index (Phi) is 7.66. The number of carbonyl (C=O) groups is 1. The lowest BCUT2D eigenvalue weighted by molar-refractivity contribution is -0.163. The highest BCUT2D eigenvalue weighted by Gasteiger charge is 2.64. The van der Waals surface area contributed by atoms with Gasteiger partial charge in [0.2, 0.25) is 0 Å². The van der Waals surface area contributed by atoms with Crippen LogP contribution in [0.3, 0.4) is 0 Å². The summed E-state index contributed by atoms with van der Waals surface area (Å²) in [7, 11) is 0. The molecule has 38 heavy (non-hydrogen) atoms. The van der Waals surface area contributed by atoms with Crippen LogP contribution in [0.1, 0.15) is 54.1 Å². The number of phenolic OH excluding ortho intramolecular Hbond substituents is 1. The molecule has 4 rings (SSSR count). The van der Waals surface area contributed by atoms with E-state index >= 15 is 8.78 Å². The van der Waals surface area contributed by atoms with Gasteiger partial charge >= 0.3 is 6.18 Å². The van der Waals surface area contributed by atoms with Crippen LogP contribution in [0.25, 0.3) is 0 Å². The van der Waals surface area contributed by atoms with Crippen molar-refractivity contribution in [2.75, 3.05) is 6.54 Å². The average molecular weight is 540 g/mol. The van der Waals surface area contributed by atoms with Gasteiger partial charge in [-0.1, -0.05) is 24.3 Å². The van der Waals surface area contributed by atoms with Crippen molar-refractivity contribution in [2.45, 2.75) is 56.3 Å². The second kappa shape index (κ2) is 10.5. The van der Waals surface area contributed by atoms with E-state index in [1.165, 1.54) is 24.3 Å². The van der Waals surface area contributed by atoms with E-state index in [0.717, 1.165) is 24.3 Å². The van der Waals surface area contributed by atoms with Gasteiger partial charge in [-0.2, -0.15) is 18.4 Å². The maximum Gasteiger partial charge on any atom is 0.407 e. The molecule has 2 unspecified atom stereocenters. The zero-order chi connectivity index (χ0) is 27.7. The van der Waals surface area contributed by atoms with Crippen molar-refractivity contribution in [3.63, 3.8) is 0 Å². The molecule has 0 heterocycles. The third-order valence-electron chi connectivity index (χ3n) is 7.26. The zero-order valence-corrected chi connectivity index (χ0v) is 20.2. The van der Waals surface area contributed by atoms with E-state index < -0.39 is 60.2 Å². The van der Waals surface area contributed by atoms with Crippen LogP contribution in [-0.4, -0.2) is 35.7 Å². The Labute approximate surface area is 215 Å². The zero-order valence-electron chi connectivity index (χ0n) is 20.2. The topological polar surface area (TPSA) is 85.2 Å². The Morgan fingerprint density at radius 1 is 1.08 bits per heavy atom. The maximum atomic E-state index is 15.8. The third-order valence-corrected chi connectivity index (χ3v) is 7.26. The number of amides is 1. The van der Waals surface area contributed by atoms with Crippen LogP contribution in [0.15, 0.2) is 48.5 Å². The Balaban J connectivity index is 1.60. The van der Waals surface area contributed by atoms with Gasteiger partial charge in [0.1, 0.15) is 17.6 Å². The number of phenols is 1. The molecule has 5 nitrogen and oxygen atoms in total. The minimum absolute atomic E-state index is 0.166. The second-order valence-electron chi connectivity index (χ2n) is 10.2. The number of halogens is 6. The number of rotatable bonds is 11. The lowest BCUT2D eigenvalue weighted by Crippen LogP contribution is -2.51. The molecule has 2 aliphatic carbocycles. The van der Waals surface area contributed by atoms with Crippen LogP contribution in [0.2, 0.25) is 0 Å². The Morgan fingerprint density at radius 3 is 2.24 bits per heavy atom. The van der Waals surface area contributed by atoms with E-state index in [1.807, 2.05) is 6.07 Å². The predicted molar refractivity (Wildman–Crippen MR) is 126 cm³/mol. The Hall–Kier alpha value is -3.26. The van der Waals surface area contributed by atoms with E-state index in [2.05, 4.69) is 10.6 Å². The van der Waals surface area contributed by atoms with Crippen molar-refractivity contribution in [3.8, 4) is 11.8 Å². The highest BCUT2D eigenvalue weighted by molar-refractivity contribution is 5.96. The van der Waals surface area contributed by atoms with Gasteiger partial charge in [0.15, 0.2) is 0 Å². The highest BCUT2D eigenvalue weighted by Crippen LogP contribution is 2.64. The molecular weight excluding hydrogens is 512 g/mol. The number of benzene rings is 2. The van der Waals surface area contributed by atoms with Crippen LogP contribution in [0.4, 0.5) is 26.3 Å². The average Bonchev–Trinajstić information content (AvgIpc) is 3.78. The molecule has 3 atom stereocenters. The third kappa shape index (κ3) is 6.23. The molecule has 2 saturated carbocycles. The first kappa shape index (κ1) is 27.8. The standard InChI is InChI=1S/C27H27F6N3O2/c28-18-9-7-17(8-10-18)23(27(31,32)33)36-19(14-35-24(38)20-3-1-2-4-21(20)37)13-26(29,30)22(16-5-6-16)25(15-34)11-12-25/h1-4,7-10,16,19,22-23,36-37H,5-6,11-14H2,(H,35,38)/t19?,22?,23-/m0/s1. The van der Waals surface area contributed by atoms with Gasteiger partial charge in [-0.25, -0.2) is 13.2 Å². The summed E-state index contributed by atoms with van der Waals surface area (Å²) in [4.78, 5) is 12.6. The Morgan fingerprint density at radius 2 is 1.71 bits per heavy atom. The number of para-hydroxylation sites is 1. The van der Waals surface area contributed by atoms with E-state index in [1.54, 1.807) is 0 Å². The predicted octanol–water partition coefficient (Wildman–Crippen LogP) is 5.88. The van der Waals surface area contributed by atoms with Gasteiger partial charge in [-0.3, -0.25) is 10.1 Å². The minimum atomic E-state index is -4.92. The van der Waals surface area contributed by atoms with Crippen molar-refractivity contribution >= 4 is 5.91 Å². The fourth-order valence-corrected chi connectivity index (χ4v) is 5.15. The summed E-state index contributed by atoms with van der Waals surface area (Å²) < 4.78 is 87.1. The molecule has 11 heteroatoms. The van der Waals surface area contributed by atoms with E-state index in [-0.39, 0.29) is 22.8 Å². The van der Waals surface area contributed by atoms with E-state index in [4.69, 9.17) is 0 Å². The molecular formula is C27H27F6N3O2. The number of hydrogen-bond acceptors (Lipinski definition) is 4. The molecule has 1 amide bonds. The molecule has 0 aromatic heterocycles. The highest BCUT2D eigenvalue weighted by atomic mass is 19.4. The summed E-state index contributed by atoms with van der Waals surface area (Å²) in [5.41, 5.74) is -1.75. The van der Waals surface area contributed by atoms with Crippen LogP contribution in [0.5, 0.6) is 5.75 Å². The van der Waals surface area contributed by atoms with Gasteiger partial charge in [0.05, 0.1) is 17.0 Å². The van der Waals surface area contributed by atoms with Crippen LogP contribution in [-0.2, 0) is 0 Å². The lowest BCUT2D eigenvalue weighted by Gasteiger charge is -2.35. The Bertz CT molecular complexity index is 1190. The normalized spacial score (nSPS) is 19.2. The smallest absolute Gasteiger partial charge is 0.407 e. The van der Waals surface area contributed by atoms with Crippen molar-refractivity contribution in [1.29, 1.82) is 5.26 Å². The molecule has 2 aliphatic rings. The van der Waals surface area contributed by atoms with Gasteiger partial charge in [-0.05, 0) is 61.4 Å². The van der Waals surface area contributed by atoms with E-state index in [9.17, 15) is 32.7 Å². The number of nitrogens with one attached hydrogen (secondary N) is 2. The summed E-state index contributed by atoms with van der Waals surface area (Å²) in [5.74, 6) is -7.17. The summed E-state index contributed by atoms with van der Waals surface area (Å²) in [5, 5.41) is 24.1. The van der Waals surface area contributed by atoms with Crippen molar-refractivity contribution in [2.24, 2.45) is 17.3 Å². The molecule has 204 valence electrons. The molecule has 0 saturated heterocycles. The quantitative estimate of drug-likeness (QED) is 0.312. The molecule has 2 fully saturated rings. The monoisotopic (exact) mass is 539 g/mol. The van der Waals surface area contributed by atoms with Crippen molar-refractivity contribution in [1.82, 2.24) is 10.6 Å². The first-order valence-electron chi connectivity index (χ1n) is 12.3. The van der Waals surface area contributed by atoms with Crippen LogP contribution in [0, 0.1) is 34.4 Å². The van der Waals surface area contributed by atoms with Gasteiger partial charge in [0, 0.05) is 24.9 Å². The maximum absolute atomic E-state index is 15.8. The molecule has 0 radical (unpaired) electrons. The van der Waals surface area contributed by atoms with Crippen molar-refractivity contribution in [3.05, 3.63) is 65.5 Å². The summed E-state index contributed by atoms with van der Waals surface area (Å²) in [6, 6.07) is 6.98. The molecule has 0 spiro atoms. The second-order valence-corrected chi connectivity index (χ2v) is 10.2. The number of nitriles is 1. The summed E-state index contributed by atoms with van der Waals surface area (Å²) >= 11 is 0. The van der Waals surface area contributed by atoms with Gasteiger partial charge in [-0.15, -0.1) is 0 Å². The molecule has 0 aliphatic heterocycles. The number of nitrogens with zero attached hydrogens (tertiary/aromatic N) is 1. The summed E-state index contributed by atoms with van der Waals surface area (Å²) in [6.45, 7) is -0.618. The van der Waals surface area contributed by atoms with Crippen molar-refractivity contribution < 1.29 is 36.2 Å². The number of aromatic hydroxyl groups is 1. The molecule has 2 aromatic rings. The fourth-order valence-electron chi connectivity index (χ4n) is 5.15. The number of hydrogen-bond donors (Lipinski definition) is 3. The summed E-state index contributed by atoms with van der Waals surface area (Å²) in [6.07, 6.45) is -4.33. The van der Waals surface area contributed by atoms with Gasteiger partial charge in [0.25, 0.3) is 11.8 Å². The first-order chi connectivity index (χ1) is 17.9. The number of alkyl halides is 5. The molecule has 3 N–H and O–H groups in total. The van der Waals surface area contributed by atoms with Crippen LogP contribution < -0.4 is 10.6 Å². The van der Waals surface area contributed by atoms with E-state index in [0.29, 0.717) is 25.7 Å². The lowest BCUT2D eigenvalue weighted by atomic mass is 9.78. The molecule has 0 bridgehead atoms. The minimum Gasteiger partial charge on any atom is -0.507 e. The molecule has 2 aromatic carbocycles. The first-order valence-corrected chi connectivity index (χ1v) is 12.3. The number of carbonyl (C=O) groups excluding carboxylic acids is 1. The fraction of sp³-hybridized carbons (Fsp3) is 0.481.